The van der Waals surface area contributed by atoms with Gasteiger partial charge in [-0.3, -0.25) is 4.79 Å². The lowest BCUT2D eigenvalue weighted by Crippen LogP contribution is -2.16. The number of rotatable bonds is 3. The highest BCUT2D eigenvalue weighted by molar-refractivity contribution is 6.01. The molecule has 0 atom stereocenters. The highest BCUT2D eigenvalue weighted by atomic mass is 19.4. The van der Waals surface area contributed by atoms with E-state index in [1.807, 2.05) is 12.2 Å². The largest absolute Gasteiger partial charge is 0.433 e. The zero-order valence-corrected chi connectivity index (χ0v) is 15.7. The number of anilines is 1. The first-order valence-electron chi connectivity index (χ1n) is 8.80. The van der Waals surface area contributed by atoms with E-state index >= 15 is 0 Å². The van der Waals surface area contributed by atoms with Gasteiger partial charge in [-0.25, -0.2) is 13.8 Å². The Hall–Kier alpha value is -3.89. The maximum atomic E-state index is 13.8. The number of carbonyl (C=O) groups is 1. The molecule has 1 amide bonds. The molecular weight excluding hydrogens is 421 g/mol. The quantitative estimate of drug-likeness (QED) is 0.478. The molecule has 0 radical (unpaired) electrons. The predicted molar refractivity (Wildman–Crippen MR) is 100 cm³/mol. The van der Waals surface area contributed by atoms with Crippen LogP contribution in [0.5, 0.6) is 0 Å². The molecule has 0 fully saturated rings. The van der Waals surface area contributed by atoms with Crippen LogP contribution in [-0.2, 0) is 6.18 Å². The molecule has 0 saturated carbocycles. The molecule has 0 aliphatic rings. The van der Waals surface area contributed by atoms with Crippen molar-refractivity contribution in [2.75, 3.05) is 5.32 Å². The van der Waals surface area contributed by atoms with Gasteiger partial charge in [-0.1, -0.05) is 29.8 Å². The summed E-state index contributed by atoms with van der Waals surface area (Å²) >= 11 is 0. The molecule has 0 spiro atoms. The first-order valence-corrected chi connectivity index (χ1v) is 8.80. The lowest BCUT2D eigenvalue weighted by molar-refractivity contribution is -0.142. The number of nitrogens with zero attached hydrogens (tertiary/aromatic N) is 4. The number of alkyl halides is 3. The van der Waals surface area contributed by atoms with Crippen LogP contribution in [0.25, 0.3) is 17.0 Å². The molecule has 0 unspecified atom stereocenters. The summed E-state index contributed by atoms with van der Waals surface area (Å²) in [5, 5.41) is 5.61. The molecule has 1 N–H and O–H groups in total. The second-order valence-electron chi connectivity index (χ2n) is 6.62. The van der Waals surface area contributed by atoms with E-state index in [4.69, 9.17) is 0 Å². The molecular formula is C20H12F5N5O. The number of fused-ring (bicyclic) bond motifs is 1. The SMILES string of the molecule is Cc1ccc(-c2cc(C(F)(F)F)n3nc(C(=O)Nc4cc(F)ccc4F)nc3n2)cc1. The van der Waals surface area contributed by atoms with E-state index in [9.17, 15) is 26.7 Å². The number of hydrogen-bond acceptors (Lipinski definition) is 4. The minimum Gasteiger partial charge on any atom is -0.317 e. The van der Waals surface area contributed by atoms with Crippen LogP contribution in [0.2, 0.25) is 0 Å². The van der Waals surface area contributed by atoms with Crippen LogP contribution >= 0.6 is 0 Å². The maximum absolute atomic E-state index is 13.8. The van der Waals surface area contributed by atoms with Crippen molar-refractivity contribution in [1.29, 1.82) is 0 Å². The molecule has 0 saturated heterocycles. The molecule has 2 aromatic carbocycles. The number of aryl methyl sites for hydroxylation is 1. The molecule has 4 aromatic rings. The third kappa shape index (κ3) is 4.06. The normalized spacial score (nSPS) is 11.7. The van der Waals surface area contributed by atoms with Crippen molar-refractivity contribution in [3.05, 3.63) is 77.2 Å². The van der Waals surface area contributed by atoms with Gasteiger partial charge < -0.3 is 5.32 Å². The average molecular weight is 433 g/mol. The fraction of sp³-hybridized carbons (Fsp3) is 0.100. The van der Waals surface area contributed by atoms with E-state index < -0.39 is 46.7 Å². The van der Waals surface area contributed by atoms with E-state index in [0.717, 1.165) is 29.8 Å². The molecule has 4 rings (SSSR count). The highest BCUT2D eigenvalue weighted by Gasteiger charge is 2.36. The highest BCUT2D eigenvalue weighted by Crippen LogP contribution is 2.32. The molecule has 31 heavy (non-hydrogen) atoms. The second-order valence-corrected chi connectivity index (χ2v) is 6.62. The summed E-state index contributed by atoms with van der Waals surface area (Å²) < 4.78 is 68.3. The van der Waals surface area contributed by atoms with Crippen LogP contribution in [-0.4, -0.2) is 25.5 Å². The predicted octanol–water partition coefficient (Wildman–Crippen LogP) is 4.65. The Morgan fingerprint density at radius 1 is 1.00 bits per heavy atom. The van der Waals surface area contributed by atoms with Crippen LogP contribution in [0, 0.1) is 18.6 Å². The van der Waals surface area contributed by atoms with Crippen molar-refractivity contribution < 1.29 is 26.7 Å². The maximum Gasteiger partial charge on any atom is 0.433 e. The van der Waals surface area contributed by atoms with Gasteiger partial charge in [0.05, 0.1) is 11.4 Å². The molecule has 0 bridgehead atoms. The van der Waals surface area contributed by atoms with E-state index in [2.05, 4.69) is 15.1 Å². The molecule has 0 aliphatic carbocycles. The van der Waals surface area contributed by atoms with Crippen molar-refractivity contribution in [3.63, 3.8) is 0 Å². The van der Waals surface area contributed by atoms with Crippen LogP contribution in [0.4, 0.5) is 27.6 Å². The summed E-state index contributed by atoms with van der Waals surface area (Å²) in [7, 11) is 0. The number of halogens is 5. The molecule has 6 nitrogen and oxygen atoms in total. The zero-order chi connectivity index (χ0) is 22.3. The van der Waals surface area contributed by atoms with Crippen molar-refractivity contribution in [3.8, 4) is 11.3 Å². The van der Waals surface area contributed by atoms with E-state index in [0.29, 0.717) is 10.1 Å². The van der Waals surface area contributed by atoms with Gasteiger partial charge in [0.1, 0.15) is 11.6 Å². The van der Waals surface area contributed by atoms with Gasteiger partial charge >= 0.3 is 6.18 Å². The summed E-state index contributed by atoms with van der Waals surface area (Å²) in [5.74, 6) is -4.05. The number of carbonyl (C=O) groups excluding carboxylic acids is 1. The fourth-order valence-corrected chi connectivity index (χ4v) is 2.81. The molecule has 2 heterocycles. The van der Waals surface area contributed by atoms with Gasteiger partial charge in [0.15, 0.2) is 5.69 Å². The summed E-state index contributed by atoms with van der Waals surface area (Å²) in [6, 6.07) is 9.78. The molecule has 11 heteroatoms. The topological polar surface area (TPSA) is 72.2 Å². The van der Waals surface area contributed by atoms with Gasteiger partial charge in [0.25, 0.3) is 11.7 Å². The van der Waals surface area contributed by atoms with E-state index in [1.165, 1.54) is 0 Å². The minimum atomic E-state index is -4.82. The summed E-state index contributed by atoms with van der Waals surface area (Å²) in [5.41, 5.74) is -0.401. The second kappa shape index (κ2) is 7.42. The van der Waals surface area contributed by atoms with Crippen molar-refractivity contribution >= 4 is 17.4 Å². The lowest BCUT2D eigenvalue weighted by Gasteiger charge is -2.10. The zero-order valence-electron chi connectivity index (χ0n) is 15.7. The number of aromatic nitrogens is 4. The van der Waals surface area contributed by atoms with Crippen LogP contribution in [0.15, 0.2) is 48.5 Å². The number of benzene rings is 2. The number of amides is 1. The smallest absolute Gasteiger partial charge is 0.317 e. The standard InChI is InChI=1S/C20H12F5N5O/c1-10-2-4-11(5-3-10)14-9-16(20(23,24)25)30-19(27-14)28-17(29-30)18(31)26-15-8-12(21)6-7-13(15)22/h2-9H,1H3,(H,26,31). The summed E-state index contributed by atoms with van der Waals surface area (Å²) in [6.45, 7) is 1.83. The number of nitrogens with one attached hydrogen (secondary N) is 1. The number of hydrogen-bond donors (Lipinski definition) is 1. The van der Waals surface area contributed by atoms with E-state index in [1.54, 1.807) is 24.3 Å². The monoisotopic (exact) mass is 433 g/mol. The Balaban J connectivity index is 1.79. The average Bonchev–Trinajstić information content (AvgIpc) is 3.14. The Morgan fingerprint density at radius 3 is 2.39 bits per heavy atom. The van der Waals surface area contributed by atoms with Crippen LogP contribution in [0.1, 0.15) is 21.9 Å². The Bertz CT molecular complexity index is 1300. The van der Waals surface area contributed by atoms with Crippen LogP contribution < -0.4 is 5.32 Å². The van der Waals surface area contributed by atoms with Crippen molar-refractivity contribution in [1.82, 2.24) is 19.6 Å². The Labute approximate surface area is 171 Å². The van der Waals surface area contributed by atoms with Gasteiger partial charge in [0, 0.05) is 11.6 Å². The Kier molecular flexibility index (Phi) is 4.88. The lowest BCUT2D eigenvalue weighted by atomic mass is 10.1. The first-order chi connectivity index (χ1) is 14.6. The third-order valence-electron chi connectivity index (χ3n) is 4.33. The fourth-order valence-electron chi connectivity index (χ4n) is 2.81. The third-order valence-corrected chi connectivity index (χ3v) is 4.33. The molecule has 0 aliphatic heterocycles. The minimum absolute atomic E-state index is 0.0182. The van der Waals surface area contributed by atoms with Gasteiger partial charge in [-0.05, 0) is 25.1 Å². The van der Waals surface area contributed by atoms with Crippen molar-refractivity contribution in [2.24, 2.45) is 0 Å². The van der Waals surface area contributed by atoms with Gasteiger partial charge in [-0.2, -0.15) is 22.7 Å². The van der Waals surface area contributed by atoms with Crippen molar-refractivity contribution in [2.45, 2.75) is 13.1 Å². The van der Waals surface area contributed by atoms with E-state index in [-0.39, 0.29) is 5.69 Å². The van der Waals surface area contributed by atoms with Gasteiger partial charge in [-0.15, -0.1) is 5.10 Å². The van der Waals surface area contributed by atoms with Gasteiger partial charge in [0.2, 0.25) is 5.82 Å². The van der Waals surface area contributed by atoms with Crippen LogP contribution in [0.3, 0.4) is 0 Å². The molecule has 158 valence electrons. The summed E-state index contributed by atoms with van der Waals surface area (Å²) in [4.78, 5) is 20.2. The Morgan fingerprint density at radius 2 is 1.71 bits per heavy atom. The first kappa shape index (κ1) is 20.4. The molecule has 2 aromatic heterocycles. The summed E-state index contributed by atoms with van der Waals surface area (Å²) in [6.07, 6.45) is -4.82.